The highest BCUT2D eigenvalue weighted by molar-refractivity contribution is 6.45. The van der Waals surface area contributed by atoms with Crippen LogP contribution in [0, 0.1) is 0 Å². The molecule has 1 amide bonds. The molecule has 0 unspecified atom stereocenters. The van der Waals surface area contributed by atoms with Gasteiger partial charge in [0.15, 0.2) is 6.61 Å². The summed E-state index contributed by atoms with van der Waals surface area (Å²) in [5, 5.41) is 10.9. The minimum absolute atomic E-state index is 0.0100. The zero-order chi connectivity index (χ0) is 14.0. The molecule has 0 aliphatic carbocycles. The summed E-state index contributed by atoms with van der Waals surface area (Å²) in [4.78, 5) is 44.5. The van der Waals surface area contributed by atoms with Gasteiger partial charge in [0.25, 0.3) is 5.91 Å². The molecule has 1 aromatic carbocycles. The van der Waals surface area contributed by atoms with Gasteiger partial charge in [-0.3, -0.25) is 19.2 Å². The molecular formula is C12H9NO6. The Hall–Kier alpha value is -2.70. The van der Waals surface area contributed by atoms with E-state index in [2.05, 4.69) is 5.32 Å². The summed E-state index contributed by atoms with van der Waals surface area (Å²) in [7, 11) is 0. The number of ether oxygens (including phenoxy) is 1. The maximum atomic E-state index is 11.7. The highest BCUT2D eigenvalue weighted by atomic mass is 16.5. The summed E-state index contributed by atoms with van der Waals surface area (Å²) in [5.74, 6) is -3.27. The molecule has 0 atom stereocenters. The van der Waals surface area contributed by atoms with Crippen LogP contribution in [-0.4, -0.2) is 35.2 Å². The largest absolute Gasteiger partial charge is 0.482 e. The molecule has 0 radical (unpaired) electrons. The lowest BCUT2D eigenvalue weighted by Crippen LogP contribution is -2.26. The summed E-state index contributed by atoms with van der Waals surface area (Å²) >= 11 is 0. The van der Waals surface area contributed by atoms with Crippen LogP contribution in [0.2, 0.25) is 0 Å². The number of carbonyl (C=O) groups is 4. The maximum Gasteiger partial charge on any atom is 0.311 e. The van der Waals surface area contributed by atoms with Gasteiger partial charge < -0.3 is 15.2 Å². The number of carbonyl (C=O) groups excluding carboxylic acids is 3. The lowest BCUT2D eigenvalue weighted by molar-refractivity contribution is -0.139. The molecule has 7 nitrogen and oxygen atoms in total. The SMILES string of the molecule is O=C(O)CC(=O)C(=O)c1ccc2c(c1)NC(=O)CO2. The van der Waals surface area contributed by atoms with Crippen molar-refractivity contribution in [2.75, 3.05) is 11.9 Å². The van der Waals surface area contributed by atoms with Crippen LogP contribution < -0.4 is 10.1 Å². The highest BCUT2D eigenvalue weighted by Crippen LogP contribution is 2.28. The first-order valence-electron chi connectivity index (χ1n) is 5.33. The third-order valence-corrected chi connectivity index (χ3v) is 2.44. The van der Waals surface area contributed by atoms with E-state index >= 15 is 0 Å². The molecule has 7 heteroatoms. The minimum atomic E-state index is -1.37. The van der Waals surface area contributed by atoms with Crippen LogP contribution in [0.5, 0.6) is 5.75 Å². The van der Waals surface area contributed by atoms with Gasteiger partial charge in [0.1, 0.15) is 12.2 Å². The second kappa shape index (κ2) is 4.89. The Labute approximate surface area is 107 Å². The Bertz CT molecular complexity index is 592. The fraction of sp³-hybridized carbons (Fsp3) is 0.167. The molecule has 2 rings (SSSR count). The van der Waals surface area contributed by atoms with Crippen molar-refractivity contribution in [1.82, 2.24) is 0 Å². The van der Waals surface area contributed by atoms with Gasteiger partial charge in [-0.15, -0.1) is 0 Å². The van der Waals surface area contributed by atoms with Crippen LogP contribution in [0.25, 0.3) is 0 Å². The fourth-order valence-electron chi connectivity index (χ4n) is 1.60. The van der Waals surface area contributed by atoms with Gasteiger partial charge in [0.05, 0.1) is 5.69 Å². The van der Waals surface area contributed by atoms with Crippen molar-refractivity contribution in [1.29, 1.82) is 0 Å². The molecule has 0 saturated carbocycles. The third-order valence-electron chi connectivity index (χ3n) is 2.44. The Morgan fingerprint density at radius 2 is 2.05 bits per heavy atom. The molecule has 0 aromatic heterocycles. The second-order valence-corrected chi connectivity index (χ2v) is 3.87. The van der Waals surface area contributed by atoms with Crippen LogP contribution in [0.1, 0.15) is 16.8 Å². The van der Waals surface area contributed by atoms with Crippen molar-refractivity contribution in [3.8, 4) is 5.75 Å². The summed E-state index contributed by atoms with van der Waals surface area (Å²) < 4.78 is 5.09. The number of Topliss-reactive ketones (excluding diaryl/α,β-unsaturated/α-hetero) is 2. The van der Waals surface area contributed by atoms with Crippen molar-refractivity contribution < 1.29 is 29.0 Å². The Morgan fingerprint density at radius 3 is 2.74 bits per heavy atom. The van der Waals surface area contributed by atoms with E-state index in [1.807, 2.05) is 0 Å². The van der Waals surface area contributed by atoms with Crippen molar-refractivity contribution in [2.24, 2.45) is 0 Å². The van der Waals surface area contributed by atoms with E-state index in [9.17, 15) is 19.2 Å². The number of rotatable bonds is 4. The number of anilines is 1. The number of hydrogen-bond donors (Lipinski definition) is 2. The molecule has 1 aliphatic heterocycles. The average molecular weight is 263 g/mol. The minimum Gasteiger partial charge on any atom is -0.482 e. The summed E-state index contributed by atoms with van der Waals surface area (Å²) in [6.45, 7) is -0.113. The molecule has 1 aromatic rings. The number of fused-ring (bicyclic) bond motifs is 1. The molecule has 0 spiro atoms. The highest BCUT2D eigenvalue weighted by Gasteiger charge is 2.22. The standard InChI is InChI=1S/C12H9NO6/c14-8(4-11(16)17)12(18)6-1-2-9-7(3-6)13-10(15)5-19-9/h1-3H,4-5H2,(H,13,15)(H,16,17). The van der Waals surface area contributed by atoms with Crippen LogP contribution in [0.3, 0.4) is 0 Å². The average Bonchev–Trinajstić information content (AvgIpc) is 2.36. The number of hydrogen-bond acceptors (Lipinski definition) is 5. The summed E-state index contributed by atoms with van der Waals surface area (Å²) in [6.07, 6.45) is -0.862. The van der Waals surface area contributed by atoms with E-state index < -0.39 is 24.0 Å². The maximum absolute atomic E-state index is 11.7. The number of aliphatic carboxylic acids is 1. The topological polar surface area (TPSA) is 110 Å². The molecular weight excluding hydrogens is 254 g/mol. The molecule has 0 saturated heterocycles. The van der Waals surface area contributed by atoms with Gasteiger partial charge in [-0.1, -0.05) is 0 Å². The van der Waals surface area contributed by atoms with E-state index in [0.717, 1.165) is 0 Å². The number of amides is 1. The number of carboxylic acid groups (broad SMARTS) is 1. The lowest BCUT2D eigenvalue weighted by atomic mass is 10.0. The summed E-state index contributed by atoms with van der Waals surface area (Å²) in [6, 6.07) is 4.07. The Morgan fingerprint density at radius 1 is 1.32 bits per heavy atom. The van der Waals surface area contributed by atoms with Crippen LogP contribution in [0.15, 0.2) is 18.2 Å². The zero-order valence-corrected chi connectivity index (χ0v) is 9.63. The first kappa shape index (κ1) is 12.7. The quantitative estimate of drug-likeness (QED) is 0.457. The molecule has 0 fully saturated rings. The molecule has 98 valence electrons. The molecule has 2 N–H and O–H groups in total. The van der Waals surface area contributed by atoms with E-state index in [1.54, 1.807) is 0 Å². The zero-order valence-electron chi connectivity index (χ0n) is 9.63. The van der Waals surface area contributed by atoms with Gasteiger partial charge in [0.2, 0.25) is 11.6 Å². The number of carboxylic acids is 1. The van der Waals surface area contributed by atoms with E-state index in [0.29, 0.717) is 5.75 Å². The molecule has 1 aliphatic rings. The predicted molar refractivity (Wildman–Crippen MR) is 62.2 cm³/mol. The molecule has 1 heterocycles. The fourth-order valence-corrected chi connectivity index (χ4v) is 1.60. The van der Waals surface area contributed by atoms with Gasteiger partial charge >= 0.3 is 5.97 Å². The van der Waals surface area contributed by atoms with Crippen molar-refractivity contribution in [3.63, 3.8) is 0 Å². The molecule has 0 bridgehead atoms. The first-order chi connectivity index (χ1) is 8.97. The molecule has 19 heavy (non-hydrogen) atoms. The number of nitrogens with one attached hydrogen (secondary N) is 1. The smallest absolute Gasteiger partial charge is 0.311 e. The normalized spacial score (nSPS) is 12.9. The monoisotopic (exact) mass is 263 g/mol. The Balaban J connectivity index is 2.24. The number of benzene rings is 1. The third kappa shape index (κ3) is 2.76. The van der Waals surface area contributed by atoms with Gasteiger partial charge in [-0.05, 0) is 18.2 Å². The summed E-state index contributed by atoms with van der Waals surface area (Å²) in [5.41, 5.74) is 0.293. The van der Waals surface area contributed by atoms with E-state index in [1.165, 1.54) is 18.2 Å². The van der Waals surface area contributed by atoms with Gasteiger partial charge in [-0.2, -0.15) is 0 Å². The second-order valence-electron chi connectivity index (χ2n) is 3.87. The van der Waals surface area contributed by atoms with Gasteiger partial charge in [-0.25, -0.2) is 0 Å². The van der Waals surface area contributed by atoms with Crippen molar-refractivity contribution >= 4 is 29.1 Å². The Kier molecular flexibility index (Phi) is 3.28. The van der Waals surface area contributed by atoms with E-state index in [-0.39, 0.29) is 23.8 Å². The van der Waals surface area contributed by atoms with Gasteiger partial charge in [0, 0.05) is 5.56 Å². The first-order valence-corrected chi connectivity index (χ1v) is 5.33. The van der Waals surface area contributed by atoms with Crippen LogP contribution >= 0.6 is 0 Å². The van der Waals surface area contributed by atoms with Crippen LogP contribution in [0.4, 0.5) is 5.69 Å². The van der Waals surface area contributed by atoms with Crippen molar-refractivity contribution in [2.45, 2.75) is 6.42 Å². The van der Waals surface area contributed by atoms with Crippen LogP contribution in [-0.2, 0) is 14.4 Å². The van der Waals surface area contributed by atoms with Crippen molar-refractivity contribution in [3.05, 3.63) is 23.8 Å². The van der Waals surface area contributed by atoms with E-state index in [4.69, 9.17) is 9.84 Å². The predicted octanol–water partition coefficient (Wildman–Crippen LogP) is 0.244. The lowest BCUT2D eigenvalue weighted by Gasteiger charge is -2.18. The number of ketones is 2.